The molecule has 0 unspecified atom stereocenters. The Bertz CT molecular complexity index is 1240. The van der Waals surface area contributed by atoms with E-state index in [2.05, 4.69) is 34.3 Å². The zero-order valence-electron chi connectivity index (χ0n) is 21.5. The first-order chi connectivity index (χ1) is 17.5. The molecule has 0 amide bonds. The Labute approximate surface area is 214 Å². The van der Waals surface area contributed by atoms with Crippen LogP contribution in [0.1, 0.15) is 56.3 Å². The van der Waals surface area contributed by atoms with Crippen molar-refractivity contribution in [3.63, 3.8) is 0 Å². The third kappa shape index (κ3) is 7.56. The highest BCUT2D eigenvalue weighted by Gasteiger charge is 2.19. The zero-order chi connectivity index (χ0) is 25.3. The number of benzene rings is 2. The van der Waals surface area contributed by atoms with E-state index in [1.54, 1.807) is 6.08 Å². The molecule has 4 rings (SSSR count). The van der Waals surface area contributed by atoms with Gasteiger partial charge in [0.15, 0.2) is 5.78 Å². The normalized spacial score (nSPS) is 17.7. The number of anilines is 3. The van der Waals surface area contributed by atoms with Crippen molar-refractivity contribution in [2.45, 2.75) is 46.0 Å². The molecule has 0 aromatic heterocycles. The number of rotatable bonds is 9. The summed E-state index contributed by atoms with van der Waals surface area (Å²) in [6, 6.07) is 11.9. The van der Waals surface area contributed by atoms with Crippen molar-refractivity contribution in [2.75, 3.05) is 42.3 Å². The van der Waals surface area contributed by atoms with E-state index in [1.807, 2.05) is 49.5 Å². The van der Waals surface area contributed by atoms with E-state index < -0.39 is 0 Å². The molecule has 3 N–H and O–H groups in total. The topological polar surface area (TPSA) is 79.9 Å². The Kier molecular flexibility index (Phi) is 8.95. The van der Waals surface area contributed by atoms with Crippen molar-refractivity contribution in [3.8, 4) is 0 Å². The van der Waals surface area contributed by atoms with Crippen molar-refractivity contribution in [1.29, 1.82) is 0 Å². The summed E-state index contributed by atoms with van der Waals surface area (Å²) in [5.41, 5.74) is 9.28. The van der Waals surface area contributed by atoms with Gasteiger partial charge < -0.3 is 20.7 Å². The van der Waals surface area contributed by atoms with Gasteiger partial charge in [0.1, 0.15) is 5.84 Å². The Hall–Kier alpha value is -3.38. The highest BCUT2D eigenvalue weighted by Crippen LogP contribution is 2.32. The minimum absolute atomic E-state index is 0.0332. The van der Waals surface area contributed by atoms with Crippen molar-refractivity contribution < 1.29 is 9.53 Å². The van der Waals surface area contributed by atoms with Gasteiger partial charge in [-0.15, -0.1) is 0 Å². The molecule has 190 valence electrons. The number of nitrogen functional groups attached to an aromatic ring is 1. The van der Waals surface area contributed by atoms with Gasteiger partial charge >= 0.3 is 0 Å². The second-order valence-electron chi connectivity index (χ2n) is 9.66. The van der Waals surface area contributed by atoms with Gasteiger partial charge in [0.2, 0.25) is 0 Å². The number of nitrogens with one attached hydrogen (secondary N) is 1. The quantitative estimate of drug-likeness (QED) is 0.179. The molecule has 0 spiro atoms. The largest absolute Gasteiger partial charge is 0.399 e. The highest BCUT2D eigenvalue weighted by atomic mass is 16.5. The second kappa shape index (κ2) is 12.5. The third-order valence-electron chi connectivity index (χ3n) is 6.50. The van der Waals surface area contributed by atoms with Gasteiger partial charge in [-0.25, -0.2) is 4.99 Å². The van der Waals surface area contributed by atoms with E-state index in [0.29, 0.717) is 24.5 Å². The van der Waals surface area contributed by atoms with Crippen molar-refractivity contribution in [2.24, 2.45) is 10.9 Å². The van der Waals surface area contributed by atoms with E-state index in [4.69, 9.17) is 10.5 Å². The van der Waals surface area contributed by atoms with E-state index in [1.165, 1.54) is 12.8 Å². The molecule has 2 aromatic carbocycles. The Morgan fingerprint density at radius 3 is 2.72 bits per heavy atom. The number of aliphatic imine (C=N–C) groups is 1. The number of ketones is 1. The average molecular weight is 487 g/mol. The Morgan fingerprint density at radius 2 is 1.97 bits per heavy atom. The number of hydrogen-bond acceptors (Lipinski definition) is 5. The van der Waals surface area contributed by atoms with Crippen LogP contribution in [0.4, 0.5) is 17.1 Å². The monoisotopic (exact) mass is 486 g/mol. The first kappa shape index (κ1) is 25.7. The molecule has 1 saturated heterocycles. The van der Waals surface area contributed by atoms with Crippen LogP contribution in [-0.2, 0) is 4.74 Å². The van der Waals surface area contributed by atoms with E-state index in [-0.39, 0.29) is 5.78 Å². The Morgan fingerprint density at radius 1 is 1.17 bits per heavy atom. The van der Waals surface area contributed by atoms with Gasteiger partial charge in [-0.05, 0) is 80.2 Å². The number of carbonyl (C=O) groups excluding carboxylic acids is 1. The van der Waals surface area contributed by atoms with Crippen LogP contribution in [-0.4, -0.2) is 37.9 Å². The number of ether oxygens (including phenoxy) is 1. The Balaban J connectivity index is 1.59. The number of nitrogens with two attached hydrogens (primary N) is 1. The van der Waals surface area contributed by atoms with Crippen LogP contribution in [0.2, 0.25) is 0 Å². The van der Waals surface area contributed by atoms with Gasteiger partial charge in [0.25, 0.3) is 0 Å². The SMILES string of the molecule is CCC\C=c1/ccc(N)c/c1=C/N=C(\C)Nc1cc(C(=O)/C=C/CC2CC2)cc(N2CCOCC2)c1. The lowest BCUT2D eigenvalue weighted by atomic mass is 10.1. The summed E-state index contributed by atoms with van der Waals surface area (Å²) >= 11 is 0. The molecule has 6 heteroatoms. The van der Waals surface area contributed by atoms with E-state index in [9.17, 15) is 4.79 Å². The smallest absolute Gasteiger partial charge is 0.185 e. The minimum Gasteiger partial charge on any atom is -0.399 e. The molecular formula is C30H38N4O2. The predicted octanol–water partition coefficient (Wildman–Crippen LogP) is 4.49. The molecule has 1 aliphatic heterocycles. The molecule has 1 aliphatic carbocycles. The molecule has 0 atom stereocenters. The summed E-state index contributed by atoms with van der Waals surface area (Å²) in [6.45, 7) is 7.08. The van der Waals surface area contributed by atoms with Crippen LogP contribution >= 0.6 is 0 Å². The van der Waals surface area contributed by atoms with E-state index >= 15 is 0 Å². The van der Waals surface area contributed by atoms with Crippen LogP contribution < -0.4 is 26.4 Å². The van der Waals surface area contributed by atoms with Gasteiger partial charge in [0.05, 0.1) is 13.2 Å². The number of allylic oxidation sites excluding steroid dienone is 2. The molecule has 1 saturated carbocycles. The van der Waals surface area contributed by atoms with Crippen molar-refractivity contribution >= 4 is 41.0 Å². The standard InChI is InChI=1S/C30H38N4O2/c1-3-4-7-24-11-12-27(31)17-26(24)21-32-22(2)33-28-18-25(30(35)8-5-6-23-9-10-23)19-29(20-28)34-13-15-36-16-14-34/h5,7-8,11-12,17-21,23H,3-4,6,9-10,13-16,31H2,1-2H3,(H,32,33)/b8-5+,24-7+,26-21-. The molecule has 0 bridgehead atoms. The van der Waals surface area contributed by atoms with Crippen molar-refractivity contribution in [3.05, 3.63) is 64.6 Å². The molecule has 6 nitrogen and oxygen atoms in total. The molecule has 2 fully saturated rings. The second-order valence-corrected chi connectivity index (χ2v) is 9.66. The fourth-order valence-electron chi connectivity index (χ4n) is 4.25. The number of carbonyl (C=O) groups is 1. The van der Waals surface area contributed by atoms with Crippen LogP contribution in [0.5, 0.6) is 0 Å². The van der Waals surface area contributed by atoms with Gasteiger partial charge in [-0.2, -0.15) is 0 Å². The molecule has 2 aromatic rings. The van der Waals surface area contributed by atoms with E-state index in [0.717, 1.165) is 65.9 Å². The third-order valence-corrected chi connectivity index (χ3v) is 6.50. The fraction of sp³-hybridized carbons (Fsp3) is 0.400. The van der Waals surface area contributed by atoms with Crippen LogP contribution in [0.3, 0.4) is 0 Å². The summed E-state index contributed by atoms with van der Waals surface area (Å²) in [5, 5.41) is 5.51. The summed E-state index contributed by atoms with van der Waals surface area (Å²) < 4.78 is 5.52. The fourth-order valence-corrected chi connectivity index (χ4v) is 4.25. The average Bonchev–Trinajstić information content (AvgIpc) is 3.71. The highest BCUT2D eigenvalue weighted by molar-refractivity contribution is 6.06. The lowest BCUT2D eigenvalue weighted by molar-refractivity contribution is 0.104. The molecular weight excluding hydrogens is 448 g/mol. The number of unbranched alkanes of at least 4 members (excludes halogenated alkanes) is 1. The molecule has 36 heavy (non-hydrogen) atoms. The van der Waals surface area contributed by atoms with Crippen molar-refractivity contribution in [1.82, 2.24) is 0 Å². The number of hydrogen-bond donors (Lipinski definition) is 2. The van der Waals surface area contributed by atoms with Gasteiger partial charge in [0, 0.05) is 47.1 Å². The van der Waals surface area contributed by atoms with Crippen LogP contribution in [0, 0.1) is 5.92 Å². The number of morpholine rings is 1. The maximum atomic E-state index is 13.0. The molecule has 1 heterocycles. The summed E-state index contributed by atoms with van der Waals surface area (Å²) in [7, 11) is 0. The maximum absolute atomic E-state index is 13.0. The maximum Gasteiger partial charge on any atom is 0.185 e. The lowest BCUT2D eigenvalue weighted by Gasteiger charge is -2.29. The number of nitrogens with zero attached hydrogens (tertiary/aromatic N) is 2. The summed E-state index contributed by atoms with van der Waals surface area (Å²) in [6.07, 6.45) is 13.4. The lowest BCUT2D eigenvalue weighted by Crippen LogP contribution is -2.36. The van der Waals surface area contributed by atoms with Crippen LogP contribution in [0.25, 0.3) is 12.3 Å². The predicted molar refractivity (Wildman–Crippen MR) is 151 cm³/mol. The number of amidine groups is 1. The minimum atomic E-state index is 0.0332. The molecule has 0 radical (unpaired) electrons. The van der Waals surface area contributed by atoms with Gasteiger partial charge in [-0.3, -0.25) is 4.79 Å². The first-order valence-electron chi connectivity index (χ1n) is 13.1. The summed E-state index contributed by atoms with van der Waals surface area (Å²) in [4.78, 5) is 19.9. The summed E-state index contributed by atoms with van der Waals surface area (Å²) in [5.74, 6) is 1.53. The first-order valence-corrected chi connectivity index (χ1v) is 13.1. The van der Waals surface area contributed by atoms with Gasteiger partial charge in [-0.1, -0.05) is 31.6 Å². The zero-order valence-corrected chi connectivity index (χ0v) is 21.5. The molecule has 2 aliphatic rings. The van der Waals surface area contributed by atoms with Crippen LogP contribution in [0.15, 0.2) is 53.5 Å².